The molecular formula is C20H21N5O3S. The van der Waals surface area contributed by atoms with Gasteiger partial charge in [-0.2, -0.15) is 14.9 Å². The van der Waals surface area contributed by atoms with E-state index in [0.29, 0.717) is 17.3 Å². The van der Waals surface area contributed by atoms with Gasteiger partial charge in [-0.15, -0.1) is 0 Å². The van der Waals surface area contributed by atoms with E-state index in [0.717, 1.165) is 16.9 Å². The molecule has 0 atom stereocenters. The normalized spacial score (nSPS) is 11.3. The standard InChI is InChI=1S/C20H21N5O3S/c1-13(2)16-9-8-14(3)10-18(16)28-12-19-22-23-20(29)24(19)21-11-15-6-4-5-7-17(15)25(26)27/h4-11,13H,12H2,1-3H3,(H,23,29)/b21-11-. The van der Waals surface area contributed by atoms with E-state index in [9.17, 15) is 10.1 Å². The molecule has 3 aromatic rings. The minimum absolute atomic E-state index is 0.0367. The van der Waals surface area contributed by atoms with E-state index in [1.807, 2.05) is 13.0 Å². The Labute approximate surface area is 173 Å². The summed E-state index contributed by atoms with van der Waals surface area (Å²) < 4.78 is 7.67. The number of nitrogens with zero attached hydrogens (tertiary/aromatic N) is 4. The maximum Gasteiger partial charge on any atom is 0.278 e. The highest BCUT2D eigenvalue weighted by atomic mass is 32.1. The molecule has 0 amide bonds. The summed E-state index contributed by atoms with van der Waals surface area (Å²) in [7, 11) is 0. The lowest BCUT2D eigenvalue weighted by Crippen LogP contribution is -2.06. The van der Waals surface area contributed by atoms with Crippen LogP contribution in [0.4, 0.5) is 5.69 Å². The van der Waals surface area contributed by atoms with E-state index < -0.39 is 4.92 Å². The third-order valence-corrected chi connectivity index (χ3v) is 4.58. The van der Waals surface area contributed by atoms with Gasteiger partial charge in [0, 0.05) is 6.07 Å². The molecule has 29 heavy (non-hydrogen) atoms. The second-order valence-electron chi connectivity index (χ2n) is 6.80. The zero-order valence-corrected chi connectivity index (χ0v) is 17.1. The van der Waals surface area contributed by atoms with Gasteiger partial charge < -0.3 is 4.74 Å². The van der Waals surface area contributed by atoms with Crippen LogP contribution in [0.1, 0.15) is 42.3 Å². The van der Waals surface area contributed by atoms with Crippen molar-refractivity contribution >= 4 is 24.1 Å². The van der Waals surface area contributed by atoms with E-state index in [2.05, 4.69) is 41.3 Å². The molecule has 150 valence electrons. The molecule has 0 aliphatic rings. The first-order valence-corrected chi connectivity index (χ1v) is 9.45. The number of hydrogen-bond donors (Lipinski definition) is 1. The quantitative estimate of drug-likeness (QED) is 0.262. The van der Waals surface area contributed by atoms with Crippen LogP contribution in [0.2, 0.25) is 0 Å². The maximum absolute atomic E-state index is 11.2. The molecule has 3 rings (SSSR count). The first-order chi connectivity index (χ1) is 13.9. The molecule has 9 heteroatoms. The van der Waals surface area contributed by atoms with Crippen LogP contribution < -0.4 is 4.74 Å². The Kier molecular flexibility index (Phi) is 6.18. The number of para-hydroxylation sites is 1. The number of H-pyrrole nitrogens is 1. The highest BCUT2D eigenvalue weighted by Gasteiger charge is 2.13. The van der Waals surface area contributed by atoms with E-state index in [1.54, 1.807) is 18.2 Å². The van der Waals surface area contributed by atoms with Crippen LogP contribution >= 0.6 is 12.2 Å². The lowest BCUT2D eigenvalue weighted by molar-refractivity contribution is -0.385. The van der Waals surface area contributed by atoms with Crippen molar-refractivity contribution in [3.63, 3.8) is 0 Å². The molecule has 0 fully saturated rings. The van der Waals surface area contributed by atoms with Gasteiger partial charge in [0.05, 0.1) is 16.7 Å². The highest BCUT2D eigenvalue weighted by Crippen LogP contribution is 2.28. The minimum Gasteiger partial charge on any atom is -0.485 e. The van der Waals surface area contributed by atoms with Crippen LogP contribution in [0.5, 0.6) is 5.75 Å². The number of benzene rings is 2. The van der Waals surface area contributed by atoms with E-state index in [-0.39, 0.29) is 17.1 Å². The van der Waals surface area contributed by atoms with Crippen LogP contribution in [0.15, 0.2) is 47.6 Å². The second-order valence-corrected chi connectivity index (χ2v) is 7.19. The number of aromatic amines is 1. The monoisotopic (exact) mass is 411 g/mol. The van der Waals surface area contributed by atoms with E-state index in [4.69, 9.17) is 17.0 Å². The molecular weight excluding hydrogens is 390 g/mol. The van der Waals surface area contributed by atoms with Crippen molar-refractivity contribution in [2.24, 2.45) is 5.10 Å². The largest absolute Gasteiger partial charge is 0.485 e. The SMILES string of the molecule is Cc1ccc(C(C)C)c(OCc2n[nH]c(=S)n2/N=C\c2ccccc2[N+](=O)[O-])c1. The molecule has 1 aromatic heterocycles. The lowest BCUT2D eigenvalue weighted by Gasteiger charge is -2.14. The van der Waals surface area contributed by atoms with Crippen LogP contribution in [0.25, 0.3) is 0 Å². The summed E-state index contributed by atoms with van der Waals surface area (Å²) in [4.78, 5) is 10.7. The van der Waals surface area contributed by atoms with Gasteiger partial charge in [0.1, 0.15) is 12.4 Å². The third kappa shape index (κ3) is 4.75. The first-order valence-electron chi connectivity index (χ1n) is 9.04. The van der Waals surface area contributed by atoms with Gasteiger partial charge >= 0.3 is 0 Å². The molecule has 0 spiro atoms. The van der Waals surface area contributed by atoms with Crippen LogP contribution in [0, 0.1) is 21.8 Å². The van der Waals surface area contributed by atoms with Gasteiger partial charge in [0.15, 0.2) is 5.82 Å². The highest BCUT2D eigenvalue weighted by molar-refractivity contribution is 7.71. The fourth-order valence-electron chi connectivity index (χ4n) is 2.81. The molecule has 1 N–H and O–H groups in total. The fourth-order valence-corrected chi connectivity index (χ4v) is 3.00. The van der Waals surface area contributed by atoms with Gasteiger partial charge in [-0.3, -0.25) is 10.1 Å². The lowest BCUT2D eigenvalue weighted by atomic mass is 10.0. The maximum atomic E-state index is 11.2. The van der Waals surface area contributed by atoms with Gasteiger partial charge in [-0.05, 0) is 48.3 Å². The molecule has 0 aliphatic heterocycles. The number of hydrogen-bond acceptors (Lipinski definition) is 6. The summed E-state index contributed by atoms with van der Waals surface area (Å²) in [6.45, 7) is 6.35. The van der Waals surface area contributed by atoms with Crippen LogP contribution in [0.3, 0.4) is 0 Å². The van der Waals surface area contributed by atoms with Crippen molar-refractivity contribution in [2.45, 2.75) is 33.3 Å². The van der Waals surface area contributed by atoms with Gasteiger partial charge in [0.25, 0.3) is 5.69 Å². The molecule has 0 saturated heterocycles. The predicted molar refractivity (Wildman–Crippen MR) is 113 cm³/mol. The van der Waals surface area contributed by atoms with Crippen LogP contribution in [-0.2, 0) is 6.61 Å². The molecule has 8 nitrogen and oxygen atoms in total. The second kappa shape index (κ2) is 8.78. The van der Waals surface area contributed by atoms with Crippen LogP contribution in [-0.4, -0.2) is 26.0 Å². The Morgan fingerprint density at radius 2 is 2.10 bits per heavy atom. The van der Waals surface area contributed by atoms with Crippen molar-refractivity contribution in [3.05, 3.63) is 79.9 Å². The van der Waals surface area contributed by atoms with Gasteiger partial charge in [0.2, 0.25) is 4.77 Å². The Balaban J connectivity index is 1.86. The number of ether oxygens (including phenoxy) is 1. The summed E-state index contributed by atoms with van der Waals surface area (Å²) >= 11 is 5.23. The van der Waals surface area contributed by atoms with Crippen molar-refractivity contribution in [1.29, 1.82) is 0 Å². The third-order valence-electron chi connectivity index (χ3n) is 4.31. The van der Waals surface area contributed by atoms with Crippen molar-refractivity contribution in [3.8, 4) is 5.75 Å². The van der Waals surface area contributed by atoms with Gasteiger partial charge in [-0.1, -0.05) is 38.1 Å². The zero-order chi connectivity index (χ0) is 21.0. The number of rotatable bonds is 7. The average Bonchev–Trinajstić information content (AvgIpc) is 3.04. The van der Waals surface area contributed by atoms with Crippen molar-refractivity contribution < 1.29 is 9.66 Å². The number of aromatic nitrogens is 3. The molecule has 0 saturated carbocycles. The zero-order valence-electron chi connectivity index (χ0n) is 16.3. The Hall–Kier alpha value is -3.33. The Morgan fingerprint density at radius 1 is 1.34 bits per heavy atom. The number of nitro groups is 1. The van der Waals surface area contributed by atoms with E-state index in [1.165, 1.54) is 17.0 Å². The summed E-state index contributed by atoms with van der Waals surface area (Å²) in [5, 5.41) is 22.3. The molecule has 0 aliphatic carbocycles. The summed E-state index contributed by atoms with van der Waals surface area (Å²) in [5.74, 6) is 1.55. The summed E-state index contributed by atoms with van der Waals surface area (Å²) in [6, 6.07) is 12.4. The smallest absolute Gasteiger partial charge is 0.278 e. The molecule has 0 bridgehead atoms. The summed E-state index contributed by atoms with van der Waals surface area (Å²) in [5.41, 5.74) is 2.52. The molecule has 0 unspecified atom stereocenters. The molecule has 2 aromatic carbocycles. The summed E-state index contributed by atoms with van der Waals surface area (Å²) in [6.07, 6.45) is 1.39. The number of aryl methyl sites for hydroxylation is 1. The Morgan fingerprint density at radius 3 is 2.83 bits per heavy atom. The number of nitrogens with one attached hydrogen (secondary N) is 1. The first kappa shape index (κ1) is 20.4. The minimum atomic E-state index is -0.453. The van der Waals surface area contributed by atoms with Crippen molar-refractivity contribution in [2.75, 3.05) is 0 Å². The Bertz CT molecular complexity index is 1120. The molecule has 1 heterocycles. The van der Waals surface area contributed by atoms with Crippen molar-refractivity contribution in [1.82, 2.24) is 14.9 Å². The fraction of sp³-hybridized carbons (Fsp3) is 0.250. The topological polar surface area (TPSA) is 98.3 Å². The van der Waals surface area contributed by atoms with Gasteiger partial charge in [-0.25, -0.2) is 5.10 Å². The average molecular weight is 411 g/mol. The van der Waals surface area contributed by atoms with E-state index >= 15 is 0 Å². The molecule has 0 radical (unpaired) electrons. The number of nitro benzene ring substituents is 1. The predicted octanol–water partition coefficient (Wildman–Crippen LogP) is 4.74.